The molecule has 0 aromatic carbocycles. The Balaban J connectivity index is 1.80. The highest BCUT2D eigenvalue weighted by molar-refractivity contribution is 7.07. The molecule has 0 saturated carbocycles. The van der Waals surface area contributed by atoms with Crippen LogP contribution in [0.2, 0.25) is 0 Å². The van der Waals surface area contributed by atoms with Gasteiger partial charge in [0, 0.05) is 26.6 Å². The summed E-state index contributed by atoms with van der Waals surface area (Å²) in [5.74, 6) is 0.183. The molecule has 1 aliphatic heterocycles. The lowest BCUT2D eigenvalue weighted by atomic mass is 10.0. The topological polar surface area (TPSA) is 49.4 Å². The summed E-state index contributed by atoms with van der Waals surface area (Å²) in [4.78, 5) is 24.9. The first-order chi connectivity index (χ1) is 8.58. The summed E-state index contributed by atoms with van der Waals surface area (Å²) in [5.41, 5.74) is 1.25. The van der Waals surface area contributed by atoms with Crippen molar-refractivity contribution >= 4 is 23.2 Å². The number of likely N-dealkylation sites (tertiary alicyclic amines) is 1. The van der Waals surface area contributed by atoms with Gasteiger partial charge in [-0.3, -0.25) is 9.59 Å². The third kappa shape index (κ3) is 2.90. The number of rotatable bonds is 4. The molecule has 2 rings (SSSR count). The molecule has 2 heterocycles. The standard InChI is InChI=1S/C13H18N2O2S/c1-9(10-3-4-18-8-10)6-14-13(17)11-5-12(16)15(2)7-11/h3-4,8-9,11H,5-7H2,1-2H3,(H,14,17)/t9-,11-/m1/s1. The molecule has 1 aromatic heterocycles. The number of carbonyl (C=O) groups excluding carboxylic acids is 2. The molecule has 2 amide bonds. The summed E-state index contributed by atoms with van der Waals surface area (Å²) in [6.07, 6.45) is 0.342. The highest BCUT2D eigenvalue weighted by Crippen LogP contribution is 2.19. The molecule has 4 nitrogen and oxygen atoms in total. The lowest BCUT2D eigenvalue weighted by Crippen LogP contribution is -2.34. The Bertz CT molecular complexity index is 430. The van der Waals surface area contributed by atoms with Crippen molar-refractivity contribution in [1.29, 1.82) is 0 Å². The van der Waals surface area contributed by atoms with Crippen LogP contribution in [0.1, 0.15) is 24.8 Å². The maximum atomic E-state index is 11.9. The molecule has 0 bridgehead atoms. The van der Waals surface area contributed by atoms with Gasteiger partial charge in [-0.1, -0.05) is 6.92 Å². The zero-order chi connectivity index (χ0) is 13.1. The lowest BCUT2D eigenvalue weighted by Gasteiger charge is -2.14. The quantitative estimate of drug-likeness (QED) is 0.896. The van der Waals surface area contributed by atoms with E-state index in [-0.39, 0.29) is 17.7 Å². The van der Waals surface area contributed by atoms with Gasteiger partial charge in [0.15, 0.2) is 0 Å². The molecule has 98 valence electrons. The van der Waals surface area contributed by atoms with E-state index in [1.165, 1.54) is 5.56 Å². The third-order valence-electron chi connectivity index (χ3n) is 3.41. The van der Waals surface area contributed by atoms with E-state index in [9.17, 15) is 9.59 Å². The van der Waals surface area contributed by atoms with Crippen molar-refractivity contribution in [2.24, 2.45) is 5.92 Å². The van der Waals surface area contributed by atoms with Crippen molar-refractivity contribution in [2.45, 2.75) is 19.3 Å². The SMILES string of the molecule is C[C@H](CNC(=O)[C@@H]1CC(=O)N(C)C1)c1ccsc1. The first kappa shape index (κ1) is 13.1. The number of nitrogens with one attached hydrogen (secondary N) is 1. The Labute approximate surface area is 111 Å². The third-order valence-corrected chi connectivity index (χ3v) is 4.11. The van der Waals surface area contributed by atoms with Crippen LogP contribution in [0.15, 0.2) is 16.8 Å². The van der Waals surface area contributed by atoms with Gasteiger partial charge in [-0.05, 0) is 28.3 Å². The Hall–Kier alpha value is -1.36. The molecule has 5 heteroatoms. The molecule has 1 saturated heterocycles. The van der Waals surface area contributed by atoms with Gasteiger partial charge in [-0.2, -0.15) is 11.3 Å². The molecule has 0 spiro atoms. The minimum Gasteiger partial charge on any atom is -0.355 e. The predicted molar refractivity (Wildman–Crippen MR) is 71.5 cm³/mol. The molecule has 1 aliphatic rings. The number of thiophene rings is 1. The normalized spacial score (nSPS) is 21.1. The monoisotopic (exact) mass is 266 g/mol. The average molecular weight is 266 g/mol. The van der Waals surface area contributed by atoms with Gasteiger partial charge in [-0.15, -0.1) is 0 Å². The lowest BCUT2D eigenvalue weighted by molar-refractivity contribution is -0.128. The van der Waals surface area contributed by atoms with Crippen molar-refractivity contribution in [3.8, 4) is 0 Å². The Morgan fingerprint density at radius 3 is 3.00 bits per heavy atom. The average Bonchev–Trinajstić information content (AvgIpc) is 2.97. The van der Waals surface area contributed by atoms with E-state index >= 15 is 0 Å². The number of amides is 2. The minimum absolute atomic E-state index is 0.00483. The maximum Gasteiger partial charge on any atom is 0.225 e. The van der Waals surface area contributed by atoms with Gasteiger partial charge in [0.2, 0.25) is 11.8 Å². The second-order valence-corrected chi connectivity index (χ2v) is 5.66. The van der Waals surface area contributed by atoms with Gasteiger partial charge >= 0.3 is 0 Å². The van der Waals surface area contributed by atoms with Gasteiger partial charge in [0.05, 0.1) is 5.92 Å². The molecule has 18 heavy (non-hydrogen) atoms. The number of hydrogen-bond donors (Lipinski definition) is 1. The Morgan fingerprint density at radius 1 is 1.67 bits per heavy atom. The van der Waals surface area contributed by atoms with Gasteiger partial charge < -0.3 is 10.2 Å². The van der Waals surface area contributed by atoms with E-state index in [1.54, 1.807) is 23.3 Å². The second-order valence-electron chi connectivity index (χ2n) is 4.88. The highest BCUT2D eigenvalue weighted by atomic mass is 32.1. The van der Waals surface area contributed by atoms with Crippen molar-refractivity contribution in [3.05, 3.63) is 22.4 Å². The Morgan fingerprint density at radius 2 is 2.44 bits per heavy atom. The summed E-state index contributed by atoms with van der Waals surface area (Å²) in [7, 11) is 1.74. The van der Waals surface area contributed by atoms with Crippen LogP contribution in [0.5, 0.6) is 0 Å². The molecular formula is C13H18N2O2S. The van der Waals surface area contributed by atoms with Gasteiger partial charge in [-0.25, -0.2) is 0 Å². The summed E-state index contributed by atoms with van der Waals surface area (Å²) < 4.78 is 0. The van der Waals surface area contributed by atoms with Crippen molar-refractivity contribution in [2.75, 3.05) is 20.1 Å². The van der Waals surface area contributed by atoms with E-state index in [1.807, 2.05) is 5.38 Å². The molecule has 0 radical (unpaired) electrons. The number of carbonyl (C=O) groups is 2. The molecular weight excluding hydrogens is 248 g/mol. The highest BCUT2D eigenvalue weighted by Gasteiger charge is 2.31. The molecule has 0 unspecified atom stereocenters. The summed E-state index contributed by atoms with van der Waals surface area (Å²) >= 11 is 1.66. The van der Waals surface area contributed by atoms with Crippen LogP contribution in [-0.4, -0.2) is 36.9 Å². The first-order valence-electron chi connectivity index (χ1n) is 6.11. The predicted octanol–water partition coefficient (Wildman–Crippen LogP) is 1.45. The summed E-state index contributed by atoms with van der Waals surface area (Å²) in [5, 5.41) is 7.08. The fourth-order valence-electron chi connectivity index (χ4n) is 2.11. The minimum atomic E-state index is -0.183. The van der Waals surface area contributed by atoms with Crippen LogP contribution in [0, 0.1) is 5.92 Å². The van der Waals surface area contributed by atoms with E-state index in [4.69, 9.17) is 0 Å². The second kappa shape index (κ2) is 5.52. The fraction of sp³-hybridized carbons (Fsp3) is 0.538. The van der Waals surface area contributed by atoms with Crippen LogP contribution in [-0.2, 0) is 9.59 Å². The number of hydrogen-bond acceptors (Lipinski definition) is 3. The molecule has 0 aliphatic carbocycles. The van der Waals surface area contributed by atoms with Crippen molar-refractivity contribution in [1.82, 2.24) is 10.2 Å². The smallest absolute Gasteiger partial charge is 0.225 e. The molecule has 2 atom stereocenters. The van der Waals surface area contributed by atoms with Crippen LogP contribution in [0.3, 0.4) is 0 Å². The van der Waals surface area contributed by atoms with E-state index in [0.29, 0.717) is 25.4 Å². The zero-order valence-electron chi connectivity index (χ0n) is 10.7. The molecule has 1 N–H and O–H groups in total. The molecule has 1 aromatic rings. The summed E-state index contributed by atoms with van der Waals surface area (Å²) in [6.45, 7) is 3.26. The first-order valence-corrected chi connectivity index (χ1v) is 7.06. The zero-order valence-corrected chi connectivity index (χ0v) is 11.5. The number of nitrogens with zero attached hydrogens (tertiary/aromatic N) is 1. The van der Waals surface area contributed by atoms with E-state index < -0.39 is 0 Å². The van der Waals surface area contributed by atoms with E-state index in [2.05, 4.69) is 23.7 Å². The van der Waals surface area contributed by atoms with E-state index in [0.717, 1.165) is 0 Å². The largest absolute Gasteiger partial charge is 0.355 e. The van der Waals surface area contributed by atoms with Gasteiger partial charge in [0.25, 0.3) is 0 Å². The van der Waals surface area contributed by atoms with Gasteiger partial charge in [0.1, 0.15) is 0 Å². The van der Waals surface area contributed by atoms with Crippen molar-refractivity contribution < 1.29 is 9.59 Å². The van der Waals surface area contributed by atoms with Crippen LogP contribution in [0.25, 0.3) is 0 Å². The fourth-order valence-corrected chi connectivity index (χ4v) is 2.89. The van der Waals surface area contributed by atoms with Crippen molar-refractivity contribution in [3.63, 3.8) is 0 Å². The van der Waals surface area contributed by atoms with Crippen LogP contribution < -0.4 is 5.32 Å². The van der Waals surface area contributed by atoms with Crippen LogP contribution >= 0.6 is 11.3 Å². The maximum absolute atomic E-state index is 11.9. The summed E-state index contributed by atoms with van der Waals surface area (Å²) in [6, 6.07) is 2.08. The van der Waals surface area contributed by atoms with Crippen LogP contribution in [0.4, 0.5) is 0 Å². The molecule has 1 fully saturated rings. The Kier molecular flexibility index (Phi) is 4.01.